The summed E-state index contributed by atoms with van der Waals surface area (Å²) in [7, 11) is 0. The van der Waals surface area contributed by atoms with Crippen molar-refractivity contribution in [2.24, 2.45) is 10.9 Å². The molecule has 0 aliphatic carbocycles. The molecule has 2 rings (SSSR count). The molecule has 6 nitrogen and oxygen atoms in total. The molecule has 2 aliphatic heterocycles. The van der Waals surface area contributed by atoms with E-state index in [1.165, 1.54) is 11.1 Å². The quantitative estimate of drug-likeness (QED) is 0.711. The average Bonchev–Trinajstić information content (AvgIpc) is 2.62. The zero-order chi connectivity index (χ0) is 11.9. The number of hydrogen-bond donors (Lipinski definition) is 2. The molecule has 6 heteroatoms. The van der Waals surface area contributed by atoms with Crippen molar-refractivity contribution in [2.45, 2.75) is 19.9 Å². The minimum absolute atomic E-state index is 0.0263. The Hall–Kier alpha value is -1.85. The van der Waals surface area contributed by atoms with Crippen molar-refractivity contribution in [3.63, 3.8) is 0 Å². The number of carbonyl (C=O) groups is 2. The summed E-state index contributed by atoms with van der Waals surface area (Å²) in [4.78, 5) is 28.1. The summed E-state index contributed by atoms with van der Waals surface area (Å²) in [5.41, 5.74) is 0.0442. The van der Waals surface area contributed by atoms with E-state index in [0.29, 0.717) is 6.54 Å². The second-order valence-corrected chi connectivity index (χ2v) is 4.19. The number of rotatable bonds is 2. The molecule has 0 bridgehead atoms. The molecule has 86 valence electrons. The van der Waals surface area contributed by atoms with Crippen LogP contribution in [0.15, 0.2) is 16.8 Å². The van der Waals surface area contributed by atoms with Crippen molar-refractivity contribution < 1.29 is 14.7 Å². The highest BCUT2D eigenvalue weighted by atomic mass is 16.4. The number of fused-ring (bicyclic) bond motifs is 1. The molecule has 0 saturated heterocycles. The van der Waals surface area contributed by atoms with Gasteiger partial charge < -0.3 is 10.4 Å². The van der Waals surface area contributed by atoms with Gasteiger partial charge >= 0.3 is 12.0 Å². The van der Waals surface area contributed by atoms with Crippen LogP contribution in [0.25, 0.3) is 0 Å². The molecular weight excluding hydrogens is 210 g/mol. The number of carboxylic acids is 1. The summed E-state index contributed by atoms with van der Waals surface area (Å²) in [6, 6.07) is -0.339. The van der Waals surface area contributed by atoms with Crippen LogP contribution >= 0.6 is 0 Å². The van der Waals surface area contributed by atoms with Crippen LogP contribution in [0, 0.1) is 5.92 Å². The number of amides is 2. The molecule has 2 N–H and O–H groups in total. The van der Waals surface area contributed by atoms with Crippen LogP contribution < -0.4 is 5.32 Å². The van der Waals surface area contributed by atoms with Crippen LogP contribution in [0.2, 0.25) is 0 Å². The highest BCUT2D eigenvalue weighted by molar-refractivity contribution is 6.24. The van der Waals surface area contributed by atoms with Gasteiger partial charge in [-0.1, -0.05) is 13.8 Å². The topological polar surface area (TPSA) is 82.0 Å². The lowest BCUT2D eigenvalue weighted by molar-refractivity contribution is -0.132. The molecule has 0 aromatic heterocycles. The van der Waals surface area contributed by atoms with Gasteiger partial charge in [0.2, 0.25) is 0 Å². The maximum atomic E-state index is 11.5. The Morgan fingerprint density at radius 1 is 1.69 bits per heavy atom. The minimum atomic E-state index is -1.08. The number of aliphatic carboxylic acids is 1. The van der Waals surface area contributed by atoms with Gasteiger partial charge in [-0.15, -0.1) is 0 Å². The van der Waals surface area contributed by atoms with Gasteiger partial charge in [0.05, 0.1) is 12.6 Å². The molecule has 1 unspecified atom stereocenters. The van der Waals surface area contributed by atoms with Gasteiger partial charge in [-0.05, 0) is 5.92 Å². The molecule has 0 aromatic rings. The number of amidine groups is 1. The van der Waals surface area contributed by atoms with E-state index in [-0.39, 0.29) is 29.4 Å². The van der Waals surface area contributed by atoms with Crippen molar-refractivity contribution in [2.75, 3.05) is 6.54 Å². The number of nitrogens with one attached hydrogen (secondary N) is 1. The molecule has 16 heavy (non-hydrogen) atoms. The number of carboxylic acid groups (broad SMARTS) is 1. The molecule has 0 aromatic carbocycles. The largest absolute Gasteiger partial charge is 0.478 e. The maximum absolute atomic E-state index is 11.5. The van der Waals surface area contributed by atoms with Crippen LogP contribution in [-0.2, 0) is 4.79 Å². The first kappa shape index (κ1) is 10.7. The zero-order valence-electron chi connectivity index (χ0n) is 9.10. The first-order valence-electron chi connectivity index (χ1n) is 5.10. The standard InChI is InChI=1S/C10H13N3O3/c1-5(2)7-4-13-8(12-7)6(9(14)15)3-11-10(13)16/h3,5,7H,4H2,1-2H3,(H,11,16)(H,14,15). The van der Waals surface area contributed by atoms with Crippen molar-refractivity contribution in [1.82, 2.24) is 10.2 Å². The summed E-state index contributed by atoms with van der Waals surface area (Å²) < 4.78 is 0. The molecule has 0 fully saturated rings. The lowest BCUT2D eigenvalue weighted by atomic mass is 10.1. The molecular formula is C10H13N3O3. The van der Waals surface area contributed by atoms with E-state index in [2.05, 4.69) is 10.3 Å². The highest BCUT2D eigenvalue weighted by Crippen LogP contribution is 2.22. The van der Waals surface area contributed by atoms with E-state index in [9.17, 15) is 9.59 Å². The second-order valence-electron chi connectivity index (χ2n) is 4.19. The zero-order valence-corrected chi connectivity index (χ0v) is 9.10. The Balaban J connectivity index is 2.36. The monoisotopic (exact) mass is 223 g/mol. The predicted octanol–water partition coefficient (Wildman–Crippen LogP) is 0.417. The van der Waals surface area contributed by atoms with Crippen molar-refractivity contribution in [3.8, 4) is 0 Å². The lowest BCUT2D eigenvalue weighted by Gasteiger charge is -2.23. The van der Waals surface area contributed by atoms with Crippen molar-refractivity contribution in [1.29, 1.82) is 0 Å². The average molecular weight is 223 g/mol. The Morgan fingerprint density at radius 2 is 2.38 bits per heavy atom. The van der Waals surface area contributed by atoms with Gasteiger partial charge in [0.25, 0.3) is 0 Å². The van der Waals surface area contributed by atoms with E-state index >= 15 is 0 Å². The minimum Gasteiger partial charge on any atom is -0.478 e. The Labute approximate surface area is 92.6 Å². The van der Waals surface area contributed by atoms with Crippen molar-refractivity contribution in [3.05, 3.63) is 11.8 Å². The number of aliphatic imine (C=N–C) groups is 1. The third kappa shape index (κ3) is 1.56. The normalized spacial score (nSPS) is 23.8. The Bertz CT molecular complexity index is 412. The highest BCUT2D eigenvalue weighted by Gasteiger charge is 2.37. The van der Waals surface area contributed by atoms with Gasteiger partial charge in [0, 0.05) is 6.20 Å². The summed E-state index contributed by atoms with van der Waals surface area (Å²) >= 11 is 0. The molecule has 1 atom stereocenters. The molecule has 0 spiro atoms. The fourth-order valence-electron chi connectivity index (χ4n) is 1.73. The fourth-order valence-corrected chi connectivity index (χ4v) is 1.73. The van der Waals surface area contributed by atoms with E-state index in [1.807, 2.05) is 13.8 Å². The number of nitrogens with zero attached hydrogens (tertiary/aromatic N) is 2. The summed E-state index contributed by atoms with van der Waals surface area (Å²) in [5, 5.41) is 11.4. The summed E-state index contributed by atoms with van der Waals surface area (Å²) in [5.74, 6) is -0.524. The number of hydrogen-bond acceptors (Lipinski definition) is 3. The van der Waals surface area contributed by atoms with Crippen LogP contribution in [0.1, 0.15) is 13.8 Å². The number of urea groups is 1. The van der Waals surface area contributed by atoms with Gasteiger partial charge in [-0.2, -0.15) is 0 Å². The second kappa shape index (κ2) is 3.62. The van der Waals surface area contributed by atoms with Crippen molar-refractivity contribution >= 4 is 17.8 Å². The van der Waals surface area contributed by atoms with E-state index in [0.717, 1.165) is 0 Å². The molecule has 0 saturated carbocycles. The Kier molecular flexibility index (Phi) is 2.41. The lowest BCUT2D eigenvalue weighted by Crippen LogP contribution is -2.46. The number of carbonyl (C=O) groups excluding carboxylic acids is 1. The first-order chi connectivity index (χ1) is 7.50. The SMILES string of the molecule is CC(C)C1CN2C(=O)NC=C(C(=O)O)C2=N1. The van der Waals surface area contributed by atoms with E-state index < -0.39 is 5.97 Å². The van der Waals surface area contributed by atoms with Crippen LogP contribution in [0.4, 0.5) is 4.79 Å². The third-order valence-corrected chi connectivity index (χ3v) is 2.74. The predicted molar refractivity (Wildman–Crippen MR) is 57.0 cm³/mol. The van der Waals surface area contributed by atoms with Gasteiger partial charge in [0.1, 0.15) is 11.4 Å². The van der Waals surface area contributed by atoms with Gasteiger partial charge in [-0.25, -0.2) is 9.59 Å². The van der Waals surface area contributed by atoms with Crippen LogP contribution in [-0.4, -0.2) is 40.4 Å². The van der Waals surface area contributed by atoms with Gasteiger partial charge in [-0.3, -0.25) is 9.89 Å². The van der Waals surface area contributed by atoms with Gasteiger partial charge in [0.15, 0.2) is 0 Å². The van der Waals surface area contributed by atoms with E-state index in [4.69, 9.17) is 5.11 Å². The van der Waals surface area contributed by atoms with Crippen LogP contribution in [0.3, 0.4) is 0 Å². The summed E-state index contributed by atoms with van der Waals surface area (Å²) in [6.07, 6.45) is 1.20. The molecule has 2 aliphatic rings. The molecule has 2 heterocycles. The molecule has 0 radical (unpaired) electrons. The first-order valence-corrected chi connectivity index (χ1v) is 5.10. The fraction of sp³-hybridized carbons (Fsp3) is 0.500. The van der Waals surface area contributed by atoms with E-state index in [1.54, 1.807) is 0 Å². The molecule has 2 amide bonds. The Morgan fingerprint density at radius 3 is 2.94 bits per heavy atom. The summed E-state index contributed by atoms with van der Waals surface area (Å²) in [6.45, 7) is 4.44. The third-order valence-electron chi connectivity index (χ3n) is 2.74. The van der Waals surface area contributed by atoms with Crippen LogP contribution in [0.5, 0.6) is 0 Å². The maximum Gasteiger partial charge on any atom is 0.340 e. The smallest absolute Gasteiger partial charge is 0.340 e.